The summed E-state index contributed by atoms with van der Waals surface area (Å²) in [5.41, 5.74) is 11.4. The van der Waals surface area contributed by atoms with Crippen LogP contribution in [0.3, 0.4) is 0 Å². The average Bonchev–Trinajstić information content (AvgIpc) is 2.73. The Balaban J connectivity index is 1.85. The highest BCUT2D eigenvalue weighted by molar-refractivity contribution is 5.30. The maximum atomic E-state index is 6.15. The fraction of sp³-hybridized carbons (Fsp3) is 0.400. The molecule has 3 rings (SSSR count). The van der Waals surface area contributed by atoms with E-state index in [2.05, 4.69) is 34.9 Å². The van der Waals surface area contributed by atoms with Gasteiger partial charge in [-0.25, -0.2) is 0 Å². The minimum absolute atomic E-state index is 0.227. The van der Waals surface area contributed by atoms with Gasteiger partial charge in [-0.1, -0.05) is 6.07 Å². The van der Waals surface area contributed by atoms with Gasteiger partial charge in [0.05, 0.1) is 0 Å². The van der Waals surface area contributed by atoms with Gasteiger partial charge in [-0.15, -0.1) is 0 Å². The SMILES string of the molecule is Cc1cncc(Cn2cc3c(c2)C(N)CCC3)c1. The standard InChI is InChI=1S/C15H19N3/c1-11-5-12(7-17-6-11)8-18-9-13-3-2-4-15(16)14(13)10-18/h5-7,9-10,15H,2-4,8,16H2,1H3. The second-order valence-corrected chi connectivity index (χ2v) is 5.28. The Morgan fingerprint density at radius 3 is 3.06 bits per heavy atom. The molecule has 0 radical (unpaired) electrons. The molecule has 0 amide bonds. The molecule has 0 spiro atoms. The van der Waals surface area contributed by atoms with Crippen LogP contribution in [-0.4, -0.2) is 9.55 Å². The van der Waals surface area contributed by atoms with E-state index in [9.17, 15) is 0 Å². The average molecular weight is 241 g/mol. The van der Waals surface area contributed by atoms with Crippen molar-refractivity contribution in [2.75, 3.05) is 0 Å². The largest absolute Gasteiger partial charge is 0.349 e. The first kappa shape index (κ1) is 11.5. The molecule has 18 heavy (non-hydrogen) atoms. The predicted octanol–water partition coefficient (Wildman–Crippen LogP) is 2.58. The van der Waals surface area contributed by atoms with E-state index in [1.165, 1.54) is 35.1 Å². The quantitative estimate of drug-likeness (QED) is 0.878. The van der Waals surface area contributed by atoms with Crippen LogP contribution in [0.5, 0.6) is 0 Å². The Hall–Kier alpha value is -1.61. The second kappa shape index (κ2) is 4.58. The molecule has 0 aromatic carbocycles. The van der Waals surface area contributed by atoms with Crippen LogP contribution in [0.4, 0.5) is 0 Å². The first-order chi connectivity index (χ1) is 8.72. The molecule has 0 aliphatic heterocycles. The molecule has 2 aromatic rings. The molecule has 1 atom stereocenters. The van der Waals surface area contributed by atoms with Gasteiger partial charge in [-0.2, -0.15) is 0 Å². The molecule has 0 saturated heterocycles. The number of aryl methyl sites for hydroxylation is 2. The highest BCUT2D eigenvalue weighted by Crippen LogP contribution is 2.28. The molecule has 2 heterocycles. The van der Waals surface area contributed by atoms with E-state index in [0.717, 1.165) is 13.0 Å². The van der Waals surface area contributed by atoms with Crippen molar-refractivity contribution in [3.63, 3.8) is 0 Å². The van der Waals surface area contributed by atoms with E-state index >= 15 is 0 Å². The molecule has 2 aromatic heterocycles. The van der Waals surface area contributed by atoms with Crippen LogP contribution in [-0.2, 0) is 13.0 Å². The third kappa shape index (κ3) is 2.18. The Kier molecular flexibility index (Phi) is 2.92. The van der Waals surface area contributed by atoms with Gasteiger partial charge in [-0.05, 0) is 48.4 Å². The van der Waals surface area contributed by atoms with Crippen LogP contribution in [0.1, 0.15) is 41.1 Å². The molecular weight excluding hydrogens is 222 g/mol. The van der Waals surface area contributed by atoms with Gasteiger partial charge in [0, 0.05) is 37.4 Å². The Morgan fingerprint density at radius 2 is 2.28 bits per heavy atom. The summed E-state index contributed by atoms with van der Waals surface area (Å²) in [6.07, 6.45) is 11.8. The highest BCUT2D eigenvalue weighted by atomic mass is 14.9. The van der Waals surface area contributed by atoms with Gasteiger partial charge >= 0.3 is 0 Å². The van der Waals surface area contributed by atoms with Gasteiger partial charge in [-0.3, -0.25) is 4.98 Å². The maximum Gasteiger partial charge on any atom is 0.0485 e. The zero-order valence-corrected chi connectivity index (χ0v) is 10.8. The fourth-order valence-electron chi connectivity index (χ4n) is 2.79. The van der Waals surface area contributed by atoms with E-state index in [0.29, 0.717) is 0 Å². The van der Waals surface area contributed by atoms with Crippen molar-refractivity contribution in [3.8, 4) is 0 Å². The minimum atomic E-state index is 0.227. The Morgan fingerprint density at radius 1 is 1.39 bits per heavy atom. The molecule has 0 fully saturated rings. The topological polar surface area (TPSA) is 43.8 Å². The maximum absolute atomic E-state index is 6.15. The summed E-state index contributed by atoms with van der Waals surface area (Å²) in [5, 5.41) is 0. The normalized spacial score (nSPS) is 18.7. The summed E-state index contributed by atoms with van der Waals surface area (Å²) in [7, 11) is 0. The number of nitrogens with two attached hydrogens (primary N) is 1. The number of nitrogens with zero attached hydrogens (tertiary/aromatic N) is 2. The van der Waals surface area contributed by atoms with E-state index in [4.69, 9.17) is 5.73 Å². The Bertz CT molecular complexity index is 557. The van der Waals surface area contributed by atoms with Crippen molar-refractivity contribution in [2.45, 2.75) is 38.8 Å². The van der Waals surface area contributed by atoms with Crippen molar-refractivity contribution in [1.29, 1.82) is 0 Å². The van der Waals surface area contributed by atoms with Gasteiger partial charge < -0.3 is 10.3 Å². The molecule has 0 bridgehead atoms. The predicted molar refractivity (Wildman–Crippen MR) is 72.4 cm³/mol. The van der Waals surface area contributed by atoms with E-state index in [-0.39, 0.29) is 6.04 Å². The lowest BCUT2D eigenvalue weighted by Crippen LogP contribution is -2.15. The molecule has 3 nitrogen and oxygen atoms in total. The number of rotatable bonds is 2. The van der Waals surface area contributed by atoms with Crippen LogP contribution in [0.15, 0.2) is 30.9 Å². The van der Waals surface area contributed by atoms with E-state index < -0.39 is 0 Å². The van der Waals surface area contributed by atoms with Gasteiger partial charge in [0.2, 0.25) is 0 Å². The second-order valence-electron chi connectivity index (χ2n) is 5.28. The van der Waals surface area contributed by atoms with Crippen LogP contribution in [0.25, 0.3) is 0 Å². The fourth-order valence-corrected chi connectivity index (χ4v) is 2.79. The van der Waals surface area contributed by atoms with Crippen molar-refractivity contribution < 1.29 is 0 Å². The summed E-state index contributed by atoms with van der Waals surface area (Å²) in [4.78, 5) is 4.24. The summed E-state index contributed by atoms with van der Waals surface area (Å²) in [6, 6.07) is 2.41. The number of pyridine rings is 1. The summed E-state index contributed by atoms with van der Waals surface area (Å²) in [5.74, 6) is 0. The number of hydrogen-bond acceptors (Lipinski definition) is 2. The van der Waals surface area contributed by atoms with Crippen LogP contribution < -0.4 is 5.73 Å². The van der Waals surface area contributed by atoms with Crippen molar-refractivity contribution in [2.24, 2.45) is 5.73 Å². The minimum Gasteiger partial charge on any atom is -0.349 e. The smallest absolute Gasteiger partial charge is 0.0485 e. The molecule has 1 aliphatic rings. The highest BCUT2D eigenvalue weighted by Gasteiger charge is 2.18. The van der Waals surface area contributed by atoms with Gasteiger partial charge in [0.25, 0.3) is 0 Å². The third-order valence-electron chi connectivity index (χ3n) is 3.65. The molecular formula is C15H19N3. The summed E-state index contributed by atoms with van der Waals surface area (Å²) >= 11 is 0. The third-order valence-corrected chi connectivity index (χ3v) is 3.65. The summed E-state index contributed by atoms with van der Waals surface area (Å²) < 4.78 is 2.24. The molecule has 2 N–H and O–H groups in total. The molecule has 0 saturated carbocycles. The van der Waals surface area contributed by atoms with Crippen molar-refractivity contribution in [1.82, 2.24) is 9.55 Å². The Labute approximate surface area is 108 Å². The van der Waals surface area contributed by atoms with Crippen LogP contribution in [0.2, 0.25) is 0 Å². The lowest BCUT2D eigenvalue weighted by Gasteiger charge is -2.17. The van der Waals surface area contributed by atoms with E-state index in [1.807, 2.05) is 12.4 Å². The lowest BCUT2D eigenvalue weighted by molar-refractivity contribution is 0.573. The zero-order valence-electron chi connectivity index (χ0n) is 10.8. The summed E-state index contributed by atoms with van der Waals surface area (Å²) in [6.45, 7) is 2.96. The van der Waals surface area contributed by atoms with Gasteiger partial charge in [0.1, 0.15) is 0 Å². The number of fused-ring (bicyclic) bond motifs is 1. The number of hydrogen-bond donors (Lipinski definition) is 1. The van der Waals surface area contributed by atoms with Gasteiger partial charge in [0.15, 0.2) is 0 Å². The van der Waals surface area contributed by atoms with Crippen LogP contribution >= 0.6 is 0 Å². The lowest BCUT2D eigenvalue weighted by atomic mass is 9.92. The van der Waals surface area contributed by atoms with Crippen LogP contribution in [0, 0.1) is 6.92 Å². The van der Waals surface area contributed by atoms with E-state index in [1.54, 1.807) is 0 Å². The molecule has 3 heteroatoms. The van der Waals surface area contributed by atoms with Crippen molar-refractivity contribution in [3.05, 3.63) is 53.1 Å². The number of aromatic nitrogens is 2. The first-order valence-corrected chi connectivity index (χ1v) is 6.57. The molecule has 1 unspecified atom stereocenters. The van der Waals surface area contributed by atoms with Crippen molar-refractivity contribution >= 4 is 0 Å². The zero-order chi connectivity index (χ0) is 12.5. The first-order valence-electron chi connectivity index (χ1n) is 6.57. The molecule has 94 valence electrons. The molecule has 1 aliphatic carbocycles. The monoisotopic (exact) mass is 241 g/mol.